The fourth-order valence-electron chi connectivity index (χ4n) is 2.74. The molecule has 1 aromatic heterocycles. The van der Waals surface area contributed by atoms with Crippen LogP contribution in [0.25, 0.3) is 0 Å². The number of benzene rings is 1. The highest BCUT2D eigenvalue weighted by molar-refractivity contribution is 5.78. The van der Waals surface area contributed by atoms with E-state index in [1.807, 2.05) is 13.8 Å². The second kappa shape index (κ2) is 7.50. The normalized spacial score (nSPS) is 15.9. The predicted octanol–water partition coefficient (Wildman–Crippen LogP) is 1.70. The van der Waals surface area contributed by atoms with Crippen LogP contribution in [0.5, 0.6) is 0 Å². The van der Waals surface area contributed by atoms with E-state index in [1.54, 1.807) is 12.1 Å². The van der Waals surface area contributed by atoms with Gasteiger partial charge in [0.1, 0.15) is 18.2 Å². The van der Waals surface area contributed by atoms with Crippen molar-refractivity contribution in [2.45, 2.75) is 26.3 Å². The average molecular weight is 345 g/mol. The lowest BCUT2D eigenvalue weighted by Gasteiger charge is -2.36. The topological polar surface area (TPSA) is 86.4 Å². The van der Waals surface area contributed by atoms with Crippen LogP contribution in [0, 0.1) is 5.82 Å². The van der Waals surface area contributed by atoms with Gasteiger partial charge in [-0.2, -0.15) is 5.10 Å². The SMILES string of the molecule is CC(C)c1n[nH]c(CN=C(N)N2CCN(c3ccc(F)cc3)CC2)n1. The fourth-order valence-corrected chi connectivity index (χ4v) is 2.74. The first-order valence-corrected chi connectivity index (χ1v) is 8.49. The van der Waals surface area contributed by atoms with Crippen molar-refractivity contribution >= 4 is 11.6 Å². The molecule has 0 spiro atoms. The first-order chi connectivity index (χ1) is 12.0. The van der Waals surface area contributed by atoms with Crippen molar-refractivity contribution < 1.29 is 4.39 Å². The zero-order valence-corrected chi connectivity index (χ0v) is 14.6. The number of piperazine rings is 1. The Morgan fingerprint density at radius 1 is 1.24 bits per heavy atom. The van der Waals surface area contributed by atoms with Crippen molar-refractivity contribution in [1.29, 1.82) is 0 Å². The van der Waals surface area contributed by atoms with Gasteiger partial charge in [0.05, 0.1) is 0 Å². The van der Waals surface area contributed by atoms with Gasteiger partial charge in [0.2, 0.25) is 0 Å². The van der Waals surface area contributed by atoms with Crippen molar-refractivity contribution in [3.63, 3.8) is 0 Å². The Kier molecular flexibility index (Phi) is 5.16. The summed E-state index contributed by atoms with van der Waals surface area (Å²) < 4.78 is 13.0. The molecule has 1 saturated heterocycles. The van der Waals surface area contributed by atoms with Crippen LogP contribution in [0.15, 0.2) is 29.3 Å². The van der Waals surface area contributed by atoms with Gasteiger partial charge >= 0.3 is 0 Å². The summed E-state index contributed by atoms with van der Waals surface area (Å²) in [7, 11) is 0. The predicted molar refractivity (Wildman–Crippen MR) is 96.0 cm³/mol. The van der Waals surface area contributed by atoms with Crippen molar-refractivity contribution in [3.8, 4) is 0 Å². The minimum Gasteiger partial charge on any atom is -0.370 e. The third-order valence-electron chi connectivity index (χ3n) is 4.25. The molecular formula is C17H24FN7. The Morgan fingerprint density at radius 3 is 2.52 bits per heavy atom. The molecule has 8 heteroatoms. The van der Waals surface area contributed by atoms with Gasteiger partial charge in [0.15, 0.2) is 11.8 Å². The summed E-state index contributed by atoms with van der Waals surface area (Å²) in [5.41, 5.74) is 7.14. The van der Waals surface area contributed by atoms with Gasteiger partial charge in [-0.15, -0.1) is 0 Å². The highest BCUT2D eigenvalue weighted by Gasteiger charge is 2.18. The summed E-state index contributed by atoms with van der Waals surface area (Å²) in [5, 5.41) is 7.06. The van der Waals surface area contributed by atoms with Crippen LogP contribution in [-0.4, -0.2) is 52.2 Å². The van der Waals surface area contributed by atoms with E-state index in [9.17, 15) is 4.39 Å². The molecule has 0 unspecified atom stereocenters. The van der Waals surface area contributed by atoms with Gasteiger partial charge in [-0.05, 0) is 24.3 Å². The molecule has 0 saturated carbocycles. The summed E-state index contributed by atoms with van der Waals surface area (Å²) in [5.74, 6) is 2.09. The Balaban J connectivity index is 1.53. The second-order valence-corrected chi connectivity index (χ2v) is 6.42. The smallest absolute Gasteiger partial charge is 0.191 e. The number of hydrogen-bond acceptors (Lipinski definition) is 4. The van der Waals surface area contributed by atoms with Crippen molar-refractivity contribution in [1.82, 2.24) is 20.1 Å². The van der Waals surface area contributed by atoms with Crippen LogP contribution in [0.3, 0.4) is 0 Å². The second-order valence-electron chi connectivity index (χ2n) is 6.42. The largest absolute Gasteiger partial charge is 0.370 e. The van der Waals surface area contributed by atoms with Gasteiger partial charge in [0, 0.05) is 37.8 Å². The molecule has 0 atom stereocenters. The number of rotatable bonds is 4. The molecule has 1 aromatic carbocycles. The first-order valence-electron chi connectivity index (χ1n) is 8.49. The average Bonchev–Trinajstić information content (AvgIpc) is 3.10. The monoisotopic (exact) mass is 345 g/mol. The molecule has 7 nitrogen and oxygen atoms in total. The number of guanidine groups is 1. The van der Waals surface area contributed by atoms with E-state index in [4.69, 9.17) is 5.73 Å². The summed E-state index contributed by atoms with van der Waals surface area (Å²) in [6.07, 6.45) is 0. The zero-order chi connectivity index (χ0) is 17.8. The minimum absolute atomic E-state index is 0.216. The lowest BCUT2D eigenvalue weighted by atomic mass is 10.2. The number of nitrogens with one attached hydrogen (secondary N) is 1. The molecule has 0 amide bonds. The first kappa shape index (κ1) is 17.2. The third-order valence-corrected chi connectivity index (χ3v) is 4.25. The summed E-state index contributed by atoms with van der Waals surface area (Å²) in [4.78, 5) is 13.1. The standard InChI is InChI=1S/C17H24FN7/c1-12(2)16-21-15(22-23-16)11-20-17(19)25-9-7-24(8-10-25)14-5-3-13(18)4-6-14/h3-6,12H,7-11H2,1-2H3,(H2,19,20)(H,21,22,23). The summed E-state index contributed by atoms with van der Waals surface area (Å²) in [6.45, 7) is 7.68. The van der Waals surface area contributed by atoms with E-state index in [-0.39, 0.29) is 11.7 Å². The number of nitrogens with two attached hydrogens (primary N) is 1. The van der Waals surface area contributed by atoms with Gasteiger partial charge in [0.25, 0.3) is 0 Å². The van der Waals surface area contributed by atoms with Crippen LogP contribution in [0.2, 0.25) is 0 Å². The molecule has 1 fully saturated rings. The highest BCUT2D eigenvalue weighted by Crippen LogP contribution is 2.17. The summed E-state index contributed by atoms with van der Waals surface area (Å²) >= 11 is 0. The van der Waals surface area contributed by atoms with E-state index in [2.05, 4.69) is 30.0 Å². The Morgan fingerprint density at radius 2 is 1.92 bits per heavy atom. The van der Waals surface area contributed by atoms with E-state index in [0.717, 1.165) is 43.5 Å². The number of aromatic amines is 1. The maximum atomic E-state index is 13.0. The van der Waals surface area contributed by atoms with Crippen LogP contribution < -0.4 is 10.6 Å². The molecule has 0 bridgehead atoms. The highest BCUT2D eigenvalue weighted by atomic mass is 19.1. The van der Waals surface area contributed by atoms with E-state index >= 15 is 0 Å². The van der Waals surface area contributed by atoms with E-state index < -0.39 is 0 Å². The van der Waals surface area contributed by atoms with E-state index in [0.29, 0.717) is 12.5 Å². The van der Waals surface area contributed by atoms with Gasteiger partial charge in [-0.1, -0.05) is 13.8 Å². The number of anilines is 1. The molecular weight excluding hydrogens is 321 g/mol. The van der Waals surface area contributed by atoms with Gasteiger partial charge in [-0.25, -0.2) is 14.4 Å². The molecule has 3 rings (SSSR count). The number of hydrogen-bond donors (Lipinski definition) is 2. The molecule has 1 aliphatic heterocycles. The van der Waals surface area contributed by atoms with Gasteiger partial charge in [-0.3, -0.25) is 5.10 Å². The van der Waals surface area contributed by atoms with Crippen LogP contribution >= 0.6 is 0 Å². The molecule has 134 valence electrons. The van der Waals surface area contributed by atoms with Crippen molar-refractivity contribution in [2.75, 3.05) is 31.1 Å². The quantitative estimate of drug-likeness (QED) is 0.651. The molecule has 2 aromatic rings. The molecule has 0 aliphatic carbocycles. The minimum atomic E-state index is -0.216. The Hall–Kier alpha value is -2.64. The maximum Gasteiger partial charge on any atom is 0.191 e. The van der Waals surface area contributed by atoms with Gasteiger partial charge < -0.3 is 15.5 Å². The molecule has 1 aliphatic rings. The fraction of sp³-hybridized carbons (Fsp3) is 0.471. The number of halogens is 1. The van der Waals surface area contributed by atoms with Crippen molar-refractivity contribution in [2.24, 2.45) is 10.7 Å². The third kappa shape index (κ3) is 4.26. The lowest BCUT2D eigenvalue weighted by Crippen LogP contribution is -2.51. The van der Waals surface area contributed by atoms with Crippen molar-refractivity contribution in [3.05, 3.63) is 41.7 Å². The van der Waals surface area contributed by atoms with Crippen LogP contribution in [-0.2, 0) is 6.54 Å². The Labute approximate surface area is 146 Å². The van der Waals surface area contributed by atoms with Crippen LogP contribution in [0.4, 0.5) is 10.1 Å². The number of H-pyrrole nitrogens is 1. The Bertz CT molecular complexity index is 715. The summed E-state index contributed by atoms with van der Waals surface area (Å²) in [6, 6.07) is 6.58. The molecule has 2 heterocycles. The molecule has 25 heavy (non-hydrogen) atoms. The maximum absolute atomic E-state index is 13.0. The number of nitrogens with zero attached hydrogens (tertiary/aromatic N) is 5. The number of aliphatic imine (C=N–C) groups is 1. The molecule has 3 N–H and O–H groups in total. The zero-order valence-electron chi connectivity index (χ0n) is 14.6. The van der Waals surface area contributed by atoms with Crippen LogP contribution in [0.1, 0.15) is 31.4 Å². The number of aromatic nitrogens is 3. The molecule has 0 radical (unpaired) electrons. The van der Waals surface area contributed by atoms with E-state index in [1.165, 1.54) is 12.1 Å². The lowest BCUT2D eigenvalue weighted by molar-refractivity contribution is 0.380.